The first-order chi connectivity index (χ1) is 9.63. The Kier molecular flexibility index (Phi) is 8.03. The van der Waals surface area contributed by atoms with Gasteiger partial charge in [-0.25, -0.2) is 0 Å². The molecule has 1 saturated heterocycles. The number of benzene rings is 1. The molecule has 0 unspecified atom stereocenters. The molecule has 1 aromatic rings. The van der Waals surface area contributed by atoms with Crippen molar-refractivity contribution in [3.05, 3.63) is 29.8 Å². The van der Waals surface area contributed by atoms with E-state index in [1.165, 1.54) is 31.5 Å². The maximum absolute atomic E-state index is 5.90. The van der Waals surface area contributed by atoms with Crippen LogP contribution in [0.5, 0.6) is 0 Å². The first-order valence-electron chi connectivity index (χ1n) is 7.49. The number of hydrogen-bond acceptors (Lipinski definition) is 2. The summed E-state index contributed by atoms with van der Waals surface area (Å²) in [6, 6.07) is 8.16. The summed E-state index contributed by atoms with van der Waals surface area (Å²) < 4.78 is 0. The molecule has 1 aliphatic rings. The lowest BCUT2D eigenvalue weighted by molar-refractivity contribution is 0.197. The van der Waals surface area contributed by atoms with E-state index < -0.39 is 0 Å². The fourth-order valence-electron chi connectivity index (χ4n) is 2.42. The zero-order valence-electron chi connectivity index (χ0n) is 13.0. The maximum atomic E-state index is 5.90. The molecule has 2 rings (SSSR count). The van der Waals surface area contributed by atoms with Crippen LogP contribution in [0.1, 0.15) is 25.3 Å². The lowest BCUT2D eigenvalue weighted by Gasteiger charge is -2.29. The molecule has 0 atom stereocenters. The number of guanidine groups is 1. The van der Waals surface area contributed by atoms with Crippen LogP contribution >= 0.6 is 24.0 Å². The topological polar surface area (TPSA) is 53.6 Å². The van der Waals surface area contributed by atoms with Crippen LogP contribution in [0.2, 0.25) is 0 Å². The normalized spacial score (nSPS) is 17.3. The van der Waals surface area contributed by atoms with Gasteiger partial charge in [0.15, 0.2) is 5.96 Å². The van der Waals surface area contributed by atoms with Crippen LogP contribution in [-0.2, 0) is 0 Å². The van der Waals surface area contributed by atoms with Crippen LogP contribution in [-0.4, -0.2) is 37.0 Å². The van der Waals surface area contributed by atoms with Gasteiger partial charge in [0.1, 0.15) is 0 Å². The third-order valence-corrected chi connectivity index (χ3v) is 3.90. The summed E-state index contributed by atoms with van der Waals surface area (Å²) in [6.45, 7) is 8.56. The maximum Gasteiger partial charge on any atom is 0.193 e. The number of halogens is 1. The van der Waals surface area contributed by atoms with E-state index in [1.807, 2.05) is 12.1 Å². The lowest BCUT2D eigenvalue weighted by Crippen LogP contribution is -2.35. The molecule has 21 heavy (non-hydrogen) atoms. The van der Waals surface area contributed by atoms with Crippen molar-refractivity contribution in [2.45, 2.75) is 26.7 Å². The van der Waals surface area contributed by atoms with Crippen molar-refractivity contribution in [3.63, 3.8) is 0 Å². The highest BCUT2D eigenvalue weighted by molar-refractivity contribution is 14.0. The number of aryl methyl sites for hydroxylation is 1. The molecule has 0 spiro atoms. The van der Waals surface area contributed by atoms with Gasteiger partial charge in [-0.1, -0.05) is 24.6 Å². The fraction of sp³-hybridized carbons (Fsp3) is 0.562. The van der Waals surface area contributed by atoms with Crippen molar-refractivity contribution in [1.82, 2.24) is 4.90 Å². The molecular formula is C16H27IN4. The number of aliphatic imine (C=N–C) groups is 1. The Morgan fingerprint density at radius 3 is 2.52 bits per heavy atom. The molecule has 1 fully saturated rings. The summed E-state index contributed by atoms with van der Waals surface area (Å²) >= 11 is 0. The predicted octanol–water partition coefficient (Wildman–Crippen LogP) is 3.07. The van der Waals surface area contributed by atoms with Crippen LogP contribution < -0.4 is 11.1 Å². The van der Waals surface area contributed by atoms with Gasteiger partial charge in [-0.2, -0.15) is 0 Å². The van der Waals surface area contributed by atoms with Crippen LogP contribution in [0.3, 0.4) is 0 Å². The molecule has 1 heterocycles. The third kappa shape index (κ3) is 6.65. The second-order valence-electron chi connectivity index (χ2n) is 5.78. The van der Waals surface area contributed by atoms with Crippen LogP contribution in [0.4, 0.5) is 5.69 Å². The average Bonchev–Trinajstić information content (AvgIpc) is 2.44. The predicted molar refractivity (Wildman–Crippen MR) is 102 cm³/mol. The van der Waals surface area contributed by atoms with Gasteiger partial charge in [0.05, 0.1) is 6.54 Å². The number of nitrogens with one attached hydrogen (secondary N) is 1. The minimum absolute atomic E-state index is 0. The van der Waals surface area contributed by atoms with E-state index in [1.54, 1.807) is 0 Å². The number of nitrogens with two attached hydrogens (primary N) is 1. The molecule has 0 saturated carbocycles. The number of rotatable bonds is 4. The molecule has 0 aliphatic carbocycles. The largest absolute Gasteiger partial charge is 0.370 e. The molecule has 0 aromatic heterocycles. The number of nitrogens with zero attached hydrogens (tertiary/aromatic N) is 2. The van der Waals surface area contributed by atoms with Crippen molar-refractivity contribution >= 4 is 35.6 Å². The molecule has 0 amide bonds. The van der Waals surface area contributed by atoms with E-state index in [0.717, 1.165) is 24.7 Å². The summed E-state index contributed by atoms with van der Waals surface area (Å²) in [4.78, 5) is 6.87. The van der Waals surface area contributed by atoms with Gasteiger partial charge in [-0.05, 0) is 50.9 Å². The van der Waals surface area contributed by atoms with Crippen molar-refractivity contribution in [1.29, 1.82) is 0 Å². The molecule has 4 nitrogen and oxygen atoms in total. The van der Waals surface area contributed by atoms with Crippen LogP contribution in [0.25, 0.3) is 0 Å². The standard InChI is InChI=1S/C16H26N4.HI/c1-13-3-5-15(6-4-13)19-16(17)18-9-12-20-10-7-14(2)8-11-20;/h3-6,14H,7-12H2,1-2H3,(H3,17,18,19);1H. The van der Waals surface area contributed by atoms with E-state index in [0.29, 0.717) is 5.96 Å². The van der Waals surface area contributed by atoms with Gasteiger partial charge in [-0.15, -0.1) is 24.0 Å². The molecule has 118 valence electrons. The second-order valence-corrected chi connectivity index (χ2v) is 5.78. The molecule has 5 heteroatoms. The Hall–Kier alpha value is -0.820. The van der Waals surface area contributed by atoms with E-state index in [9.17, 15) is 0 Å². The SMILES string of the molecule is Cc1ccc(NC(N)=NCCN2CCC(C)CC2)cc1.I. The highest BCUT2D eigenvalue weighted by atomic mass is 127. The zero-order chi connectivity index (χ0) is 14.4. The molecule has 1 aromatic carbocycles. The number of likely N-dealkylation sites (tertiary alicyclic amines) is 1. The van der Waals surface area contributed by atoms with Crippen molar-refractivity contribution in [2.24, 2.45) is 16.6 Å². The fourth-order valence-corrected chi connectivity index (χ4v) is 2.42. The third-order valence-electron chi connectivity index (χ3n) is 3.90. The monoisotopic (exact) mass is 402 g/mol. The smallest absolute Gasteiger partial charge is 0.193 e. The van der Waals surface area contributed by atoms with Crippen LogP contribution in [0, 0.1) is 12.8 Å². The summed E-state index contributed by atoms with van der Waals surface area (Å²) in [5, 5.41) is 3.12. The van der Waals surface area contributed by atoms with Crippen LogP contribution in [0.15, 0.2) is 29.3 Å². The van der Waals surface area contributed by atoms with Gasteiger partial charge in [-0.3, -0.25) is 4.99 Å². The minimum Gasteiger partial charge on any atom is -0.370 e. The molecule has 3 N–H and O–H groups in total. The molecular weight excluding hydrogens is 375 g/mol. The van der Waals surface area contributed by atoms with Crippen molar-refractivity contribution < 1.29 is 0 Å². The van der Waals surface area contributed by atoms with E-state index in [4.69, 9.17) is 5.73 Å². The zero-order valence-corrected chi connectivity index (χ0v) is 15.3. The van der Waals surface area contributed by atoms with E-state index in [-0.39, 0.29) is 24.0 Å². The number of hydrogen-bond donors (Lipinski definition) is 2. The van der Waals surface area contributed by atoms with Gasteiger partial charge in [0, 0.05) is 12.2 Å². The Bertz CT molecular complexity index is 436. The highest BCUT2D eigenvalue weighted by Gasteiger charge is 2.14. The number of anilines is 1. The summed E-state index contributed by atoms with van der Waals surface area (Å²) in [7, 11) is 0. The lowest BCUT2D eigenvalue weighted by atomic mass is 9.99. The van der Waals surface area contributed by atoms with E-state index in [2.05, 4.69) is 41.2 Å². The van der Waals surface area contributed by atoms with Gasteiger partial charge < -0.3 is 16.0 Å². The Morgan fingerprint density at radius 1 is 1.29 bits per heavy atom. The first-order valence-corrected chi connectivity index (χ1v) is 7.49. The molecule has 1 aliphatic heterocycles. The van der Waals surface area contributed by atoms with Gasteiger partial charge >= 0.3 is 0 Å². The summed E-state index contributed by atoms with van der Waals surface area (Å²) in [5.74, 6) is 1.38. The summed E-state index contributed by atoms with van der Waals surface area (Å²) in [5.41, 5.74) is 8.13. The first kappa shape index (κ1) is 18.2. The van der Waals surface area contributed by atoms with E-state index >= 15 is 0 Å². The van der Waals surface area contributed by atoms with Crippen molar-refractivity contribution in [2.75, 3.05) is 31.5 Å². The summed E-state index contributed by atoms with van der Waals surface area (Å²) in [6.07, 6.45) is 2.61. The minimum atomic E-state index is 0. The van der Waals surface area contributed by atoms with Crippen molar-refractivity contribution in [3.8, 4) is 0 Å². The van der Waals surface area contributed by atoms with Gasteiger partial charge in [0.25, 0.3) is 0 Å². The molecule has 0 bridgehead atoms. The number of piperidine rings is 1. The average molecular weight is 402 g/mol. The van der Waals surface area contributed by atoms with Gasteiger partial charge in [0.2, 0.25) is 0 Å². The molecule has 0 radical (unpaired) electrons. The highest BCUT2D eigenvalue weighted by Crippen LogP contribution is 2.15. The Labute approximate surface area is 145 Å². The quantitative estimate of drug-likeness (QED) is 0.463. The second kappa shape index (κ2) is 9.25. The Balaban J connectivity index is 0.00000220. The Morgan fingerprint density at radius 2 is 1.90 bits per heavy atom.